The molecule has 0 radical (unpaired) electrons. The van der Waals surface area contributed by atoms with Gasteiger partial charge in [-0.05, 0) is 24.5 Å². The van der Waals surface area contributed by atoms with Crippen molar-refractivity contribution in [3.63, 3.8) is 0 Å². The molecular formula is C14H21N3O3. The summed E-state index contributed by atoms with van der Waals surface area (Å²) in [5.74, 6) is 0.353. The summed E-state index contributed by atoms with van der Waals surface area (Å²) in [6.07, 6.45) is 0.289. The average Bonchev–Trinajstić information content (AvgIpc) is 2.37. The summed E-state index contributed by atoms with van der Waals surface area (Å²) in [5, 5.41) is 16.7. The van der Waals surface area contributed by atoms with E-state index < -0.39 is 4.92 Å². The van der Waals surface area contributed by atoms with E-state index in [1.54, 1.807) is 19.1 Å². The Hall–Kier alpha value is -2.11. The van der Waals surface area contributed by atoms with E-state index in [9.17, 15) is 14.9 Å². The molecule has 0 aromatic heterocycles. The largest absolute Gasteiger partial charge is 0.379 e. The van der Waals surface area contributed by atoms with Crippen LogP contribution in [0.4, 0.5) is 11.4 Å². The Morgan fingerprint density at radius 3 is 2.70 bits per heavy atom. The third kappa shape index (κ3) is 5.26. The number of hydrogen-bond acceptors (Lipinski definition) is 4. The molecule has 0 aliphatic carbocycles. The maximum Gasteiger partial charge on any atom is 0.292 e. The van der Waals surface area contributed by atoms with Crippen LogP contribution < -0.4 is 10.6 Å². The van der Waals surface area contributed by atoms with Crippen LogP contribution in [-0.4, -0.2) is 23.9 Å². The molecule has 20 heavy (non-hydrogen) atoms. The third-order valence-corrected chi connectivity index (χ3v) is 2.72. The molecule has 0 spiro atoms. The van der Waals surface area contributed by atoms with Gasteiger partial charge >= 0.3 is 0 Å². The van der Waals surface area contributed by atoms with Crippen LogP contribution in [-0.2, 0) is 4.79 Å². The number of nitrogens with one attached hydrogen (secondary N) is 2. The van der Waals surface area contributed by atoms with Gasteiger partial charge in [0.1, 0.15) is 5.69 Å². The van der Waals surface area contributed by atoms with Crippen molar-refractivity contribution in [2.75, 3.05) is 18.4 Å². The zero-order chi connectivity index (χ0) is 15.1. The molecule has 0 aliphatic rings. The Morgan fingerprint density at radius 2 is 2.10 bits per heavy atom. The molecule has 6 nitrogen and oxygen atoms in total. The van der Waals surface area contributed by atoms with E-state index in [0.29, 0.717) is 24.7 Å². The maximum atomic E-state index is 11.5. The highest BCUT2D eigenvalue weighted by molar-refractivity contribution is 5.76. The molecule has 6 heteroatoms. The summed E-state index contributed by atoms with van der Waals surface area (Å²) in [5.41, 5.74) is 1.31. The topological polar surface area (TPSA) is 84.3 Å². The predicted octanol–water partition coefficient (Wildman–Crippen LogP) is 2.48. The molecule has 110 valence electrons. The molecule has 0 fully saturated rings. The van der Waals surface area contributed by atoms with Gasteiger partial charge in [-0.3, -0.25) is 14.9 Å². The number of rotatable bonds is 7. The second-order valence-electron chi connectivity index (χ2n) is 5.15. The molecule has 1 aromatic rings. The van der Waals surface area contributed by atoms with Crippen LogP contribution in [0.15, 0.2) is 18.2 Å². The lowest BCUT2D eigenvalue weighted by atomic mass is 10.2. The highest BCUT2D eigenvalue weighted by Gasteiger charge is 2.13. The molecule has 0 saturated carbocycles. The quantitative estimate of drug-likeness (QED) is 0.593. The van der Waals surface area contributed by atoms with Crippen LogP contribution in [0.1, 0.15) is 25.8 Å². The number of anilines is 1. The number of nitrogens with zero attached hydrogens (tertiary/aromatic N) is 1. The number of aryl methyl sites for hydroxylation is 1. The van der Waals surface area contributed by atoms with Gasteiger partial charge in [-0.2, -0.15) is 0 Å². The summed E-state index contributed by atoms with van der Waals surface area (Å²) in [4.78, 5) is 22.0. The molecule has 0 aliphatic heterocycles. The number of hydrogen-bond donors (Lipinski definition) is 2. The Morgan fingerprint density at radius 1 is 1.40 bits per heavy atom. The third-order valence-electron chi connectivity index (χ3n) is 2.72. The van der Waals surface area contributed by atoms with Gasteiger partial charge in [-0.1, -0.05) is 19.9 Å². The summed E-state index contributed by atoms with van der Waals surface area (Å²) >= 11 is 0. The first-order valence-corrected chi connectivity index (χ1v) is 6.65. The predicted molar refractivity (Wildman–Crippen MR) is 78.8 cm³/mol. The molecule has 0 unspecified atom stereocenters. The van der Waals surface area contributed by atoms with Gasteiger partial charge in [0, 0.05) is 25.6 Å². The van der Waals surface area contributed by atoms with Gasteiger partial charge in [0.05, 0.1) is 4.92 Å². The van der Waals surface area contributed by atoms with Crippen LogP contribution >= 0.6 is 0 Å². The Bertz CT molecular complexity index is 487. The van der Waals surface area contributed by atoms with E-state index in [2.05, 4.69) is 10.6 Å². The van der Waals surface area contributed by atoms with Crippen molar-refractivity contribution in [2.24, 2.45) is 5.92 Å². The number of benzene rings is 1. The van der Waals surface area contributed by atoms with Crippen LogP contribution in [0.2, 0.25) is 0 Å². The van der Waals surface area contributed by atoms with Crippen molar-refractivity contribution in [2.45, 2.75) is 27.2 Å². The molecular weight excluding hydrogens is 258 g/mol. The van der Waals surface area contributed by atoms with E-state index in [-0.39, 0.29) is 18.0 Å². The van der Waals surface area contributed by atoms with E-state index >= 15 is 0 Å². The van der Waals surface area contributed by atoms with Crippen molar-refractivity contribution < 1.29 is 9.72 Å². The van der Waals surface area contributed by atoms with Crippen molar-refractivity contribution >= 4 is 17.3 Å². The Kier molecular flexibility index (Phi) is 5.96. The molecule has 1 aromatic carbocycles. The van der Waals surface area contributed by atoms with E-state index in [4.69, 9.17) is 0 Å². The number of amides is 1. The van der Waals surface area contributed by atoms with Gasteiger partial charge in [-0.15, -0.1) is 0 Å². The van der Waals surface area contributed by atoms with Crippen molar-refractivity contribution in [3.8, 4) is 0 Å². The summed E-state index contributed by atoms with van der Waals surface area (Å²) < 4.78 is 0. The van der Waals surface area contributed by atoms with E-state index in [1.807, 2.05) is 13.8 Å². The minimum atomic E-state index is -0.422. The van der Waals surface area contributed by atoms with Gasteiger partial charge in [0.25, 0.3) is 5.69 Å². The Balaban J connectivity index is 2.50. The molecule has 1 rings (SSSR count). The van der Waals surface area contributed by atoms with Crippen LogP contribution in [0.3, 0.4) is 0 Å². The fourth-order valence-electron chi connectivity index (χ4n) is 1.66. The number of nitro benzene ring substituents is 1. The number of carbonyl (C=O) groups excluding carboxylic acids is 1. The molecule has 0 bridgehead atoms. The summed E-state index contributed by atoms with van der Waals surface area (Å²) in [6, 6.07) is 4.98. The zero-order valence-corrected chi connectivity index (χ0v) is 12.1. The standard InChI is InChI=1S/C14H21N3O3/c1-10(2)9-16-14(18)6-7-15-12-5-4-11(3)8-13(12)17(19)20/h4-5,8,10,15H,6-7,9H2,1-3H3,(H,16,18). The normalized spacial score (nSPS) is 10.4. The highest BCUT2D eigenvalue weighted by Crippen LogP contribution is 2.25. The van der Waals surface area contributed by atoms with Crippen molar-refractivity contribution in [1.29, 1.82) is 0 Å². The first-order valence-electron chi connectivity index (χ1n) is 6.65. The summed E-state index contributed by atoms with van der Waals surface area (Å²) in [6.45, 7) is 6.86. The number of nitro groups is 1. The molecule has 1 amide bonds. The van der Waals surface area contributed by atoms with Crippen LogP contribution in [0, 0.1) is 23.0 Å². The van der Waals surface area contributed by atoms with Gasteiger partial charge < -0.3 is 10.6 Å². The van der Waals surface area contributed by atoms with E-state index in [1.165, 1.54) is 6.07 Å². The average molecular weight is 279 g/mol. The Labute approximate surface area is 118 Å². The lowest BCUT2D eigenvalue weighted by Crippen LogP contribution is -2.28. The first kappa shape index (κ1) is 15.9. The minimum absolute atomic E-state index is 0.0348. The minimum Gasteiger partial charge on any atom is -0.379 e. The van der Waals surface area contributed by atoms with Crippen LogP contribution in [0.25, 0.3) is 0 Å². The second-order valence-corrected chi connectivity index (χ2v) is 5.15. The molecule has 0 saturated heterocycles. The monoisotopic (exact) mass is 279 g/mol. The number of carbonyl (C=O) groups is 1. The lowest BCUT2D eigenvalue weighted by Gasteiger charge is -2.09. The van der Waals surface area contributed by atoms with Gasteiger partial charge in [0.2, 0.25) is 5.91 Å². The molecule has 2 N–H and O–H groups in total. The zero-order valence-electron chi connectivity index (χ0n) is 12.1. The van der Waals surface area contributed by atoms with E-state index in [0.717, 1.165) is 5.56 Å². The van der Waals surface area contributed by atoms with Crippen LogP contribution in [0.5, 0.6) is 0 Å². The highest BCUT2D eigenvalue weighted by atomic mass is 16.6. The second kappa shape index (κ2) is 7.47. The molecule has 0 atom stereocenters. The SMILES string of the molecule is Cc1ccc(NCCC(=O)NCC(C)C)c([N+](=O)[O-])c1. The smallest absolute Gasteiger partial charge is 0.292 e. The first-order chi connectivity index (χ1) is 9.40. The van der Waals surface area contributed by atoms with Crippen molar-refractivity contribution in [1.82, 2.24) is 5.32 Å². The molecule has 0 heterocycles. The van der Waals surface area contributed by atoms with Gasteiger partial charge in [0.15, 0.2) is 0 Å². The lowest BCUT2D eigenvalue weighted by molar-refractivity contribution is -0.384. The fourth-order valence-corrected chi connectivity index (χ4v) is 1.66. The van der Waals surface area contributed by atoms with Gasteiger partial charge in [-0.25, -0.2) is 0 Å². The maximum absolute atomic E-state index is 11.5. The van der Waals surface area contributed by atoms with Crippen molar-refractivity contribution in [3.05, 3.63) is 33.9 Å². The summed E-state index contributed by atoms with van der Waals surface area (Å²) in [7, 11) is 0. The fraction of sp³-hybridized carbons (Fsp3) is 0.500.